The van der Waals surface area contributed by atoms with Gasteiger partial charge in [-0.3, -0.25) is 4.90 Å². The van der Waals surface area contributed by atoms with Crippen LogP contribution in [0.2, 0.25) is 0 Å². The van der Waals surface area contributed by atoms with Gasteiger partial charge < -0.3 is 0 Å². The third kappa shape index (κ3) is 0.871. The highest BCUT2D eigenvalue weighted by atomic mass is 15.2. The van der Waals surface area contributed by atoms with Crippen molar-refractivity contribution < 1.29 is 0 Å². The molecule has 0 aromatic heterocycles. The summed E-state index contributed by atoms with van der Waals surface area (Å²) in [6.07, 6.45) is 7.54. The van der Waals surface area contributed by atoms with Gasteiger partial charge in [0.25, 0.3) is 0 Å². The van der Waals surface area contributed by atoms with Gasteiger partial charge in [0, 0.05) is 12.1 Å². The molecule has 1 heteroatoms. The molecule has 0 unspecified atom stereocenters. The molecule has 2 aliphatic rings. The average molecular weight is 151 g/mol. The topological polar surface area (TPSA) is 3.24 Å². The number of hydrogen-bond acceptors (Lipinski definition) is 1. The van der Waals surface area contributed by atoms with Crippen molar-refractivity contribution in [3.63, 3.8) is 0 Å². The van der Waals surface area contributed by atoms with Gasteiger partial charge in [-0.25, -0.2) is 0 Å². The number of fused-ring (bicyclic) bond motifs is 1. The van der Waals surface area contributed by atoms with E-state index in [0.29, 0.717) is 5.54 Å². The molecule has 0 aromatic rings. The van der Waals surface area contributed by atoms with Crippen molar-refractivity contribution in [3.8, 4) is 0 Å². The van der Waals surface area contributed by atoms with Gasteiger partial charge in [-0.05, 0) is 25.3 Å². The summed E-state index contributed by atoms with van der Waals surface area (Å²) >= 11 is 0. The van der Waals surface area contributed by atoms with E-state index in [0.717, 1.165) is 5.92 Å². The molecular formula is C10H17N. The summed E-state index contributed by atoms with van der Waals surface area (Å²) in [6.45, 7) is 7.19. The maximum absolute atomic E-state index is 2.62. The van der Waals surface area contributed by atoms with Crippen LogP contribution in [0.3, 0.4) is 0 Å². The Labute approximate surface area is 69.1 Å². The molecule has 2 rings (SSSR count). The van der Waals surface area contributed by atoms with Crippen molar-refractivity contribution in [3.05, 3.63) is 12.2 Å². The minimum Gasteiger partial charge on any atom is -0.290 e. The molecule has 62 valence electrons. The summed E-state index contributed by atoms with van der Waals surface area (Å²) in [5, 5.41) is 0. The van der Waals surface area contributed by atoms with Gasteiger partial charge in [-0.2, -0.15) is 0 Å². The Morgan fingerprint density at radius 2 is 2.27 bits per heavy atom. The van der Waals surface area contributed by atoms with Gasteiger partial charge in [0.15, 0.2) is 0 Å². The molecule has 0 aliphatic carbocycles. The molecule has 1 saturated heterocycles. The second kappa shape index (κ2) is 2.34. The number of hydrogen-bond donors (Lipinski definition) is 0. The van der Waals surface area contributed by atoms with E-state index in [1.54, 1.807) is 0 Å². The van der Waals surface area contributed by atoms with Gasteiger partial charge in [0.2, 0.25) is 0 Å². The Hall–Kier alpha value is -0.300. The Kier molecular flexibility index (Phi) is 1.57. The van der Waals surface area contributed by atoms with Gasteiger partial charge in [0.1, 0.15) is 0 Å². The van der Waals surface area contributed by atoms with E-state index >= 15 is 0 Å². The van der Waals surface area contributed by atoms with Crippen LogP contribution < -0.4 is 0 Å². The van der Waals surface area contributed by atoms with E-state index in [4.69, 9.17) is 0 Å². The van der Waals surface area contributed by atoms with Gasteiger partial charge >= 0.3 is 0 Å². The fourth-order valence-electron chi connectivity index (χ4n) is 2.60. The molecule has 0 saturated carbocycles. The SMILES string of the molecule is CC(C)[C@]12C=CCN1CCC2. The van der Waals surface area contributed by atoms with Crippen LogP contribution in [0.4, 0.5) is 0 Å². The van der Waals surface area contributed by atoms with Crippen molar-refractivity contribution in [1.82, 2.24) is 4.90 Å². The summed E-state index contributed by atoms with van der Waals surface area (Å²) in [6, 6.07) is 0. The number of nitrogens with zero attached hydrogens (tertiary/aromatic N) is 1. The standard InChI is InChI=1S/C10H17N/c1-9(2)10-5-3-7-11(10)8-4-6-10/h3,5,9H,4,6-8H2,1-2H3/t10-/m1/s1. The van der Waals surface area contributed by atoms with Crippen LogP contribution in [-0.2, 0) is 0 Å². The maximum Gasteiger partial charge on any atom is 0.0418 e. The highest BCUT2D eigenvalue weighted by Crippen LogP contribution is 2.39. The first kappa shape index (κ1) is 7.35. The summed E-state index contributed by atoms with van der Waals surface area (Å²) < 4.78 is 0. The van der Waals surface area contributed by atoms with E-state index < -0.39 is 0 Å². The average Bonchev–Trinajstić information content (AvgIpc) is 2.40. The van der Waals surface area contributed by atoms with Crippen LogP contribution in [-0.4, -0.2) is 23.5 Å². The van der Waals surface area contributed by atoms with Crippen LogP contribution >= 0.6 is 0 Å². The summed E-state index contributed by atoms with van der Waals surface area (Å²) in [4.78, 5) is 2.62. The second-order valence-electron chi connectivity index (χ2n) is 4.10. The first-order valence-electron chi connectivity index (χ1n) is 4.68. The fraction of sp³-hybridized carbons (Fsp3) is 0.800. The predicted octanol–water partition coefficient (Wildman–Crippen LogP) is 2.05. The minimum absolute atomic E-state index is 0.458. The first-order chi connectivity index (χ1) is 5.26. The van der Waals surface area contributed by atoms with Crippen molar-refractivity contribution in [2.75, 3.05) is 13.1 Å². The minimum atomic E-state index is 0.458. The Bertz CT molecular complexity index is 183. The quantitative estimate of drug-likeness (QED) is 0.518. The van der Waals surface area contributed by atoms with Crippen LogP contribution in [0.1, 0.15) is 26.7 Å². The molecule has 0 bridgehead atoms. The Balaban J connectivity index is 2.26. The van der Waals surface area contributed by atoms with E-state index in [1.165, 1.54) is 25.9 Å². The van der Waals surface area contributed by atoms with Crippen molar-refractivity contribution in [2.45, 2.75) is 32.2 Å². The first-order valence-corrected chi connectivity index (χ1v) is 4.68. The molecule has 0 radical (unpaired) electrons. The van der Waals surface area contributed by atoms with E-state index in [-0.39, 0.29) is 0 Å². The largest absolute Gasteiger partial charge is 0.290 e. The molecule has 11 heavy (non-hydrogen) atoms. The molecule has 1 fully saturated rings. The number of rotatable bonds is 1. The van der Waals surface area contributed by atoms with Crippen molar-refractivity contribution in [1.29, 1.82) is 0 Å². The van der Waals surface area contributed by atoms with Crippen molar-refractivity contribution in [2.24, 2.45) is 5.92 Å². The van der Waals surface area contributed by atoms with Gasteiger partial charge in [-0.1, -0.05) is 26.0 Å². The third-order valence-electron chi connectivity index (χ3n) is 3.33. The molecule has 0 aromatic carbocycles. The monoisotopic (exact) mass is 151 g/mol. The van der Waals surface area contributed by atoms with Crippen LogP contribution in [0.25, 0.3) is 0 Å². The van der Waals surface area contributed by atoms with Gasteiger partial charge in [-0.15, -0.1) is 0 Å². The molecule has 2 heterocycles. The lowest BCUT2D eigenvalue weighted by atomic mass is 9.85. The smallest absolute Gasteiger partial charge is 0.0418 e. The predicted molar refractivity (Wildman–Crippen MR) is 47.5 cm³/mol. The lowest BCUT2D eigenvalue weighted by Crippen LogP contribution is -2.42. The molecule has 1 nitrogen and oxygen atoms in total. The lowest BCUT2D eigenvalue weighted by molar-refractivity contribution is 0.167. The zero-order valence-corrected chi connectivity index (χ0v) is 7.51. The third-order valence-corrected chi connectivity index (χ3v) is 3.33. The zero-order valence-electron chi connectivity index (χ0n) is 7.51. The molecule has 0 spiro atoms. The second-order valence-corrected chi connectivity index (χ2v) is 4.10. The highest BCUT2D eigenvalue weighted by molar-refractivity contribution is 5.18. The van der Waals surface area contributed by atoms with Crippen LogP contribution in [0.15, 0.2) is 12.2 Å². The highest BCUT2D eigenvalue weighted by Gasteiger charge is 2.42. The van der Waals surface area contributed by atoms with Crippen LogP contribution in [0.5, 0.6) is 0 Å². The molecule has 0 amide bonds. The maximum atomic E-state index is 2.62. The van der Waals surface area contributed by atoms with Crippen LogP contribution in [0, 0.1) is 5.92 Å². The van der Waals surface area contributed by atoms with E-state index in [1.807, 2.05) is 0 Å². The normalized spacial score (nSPS) is 37.0. The molecule has 2 aliphatic heterocycles. The molecule has 1 atom stereocenters. The van der Waals surface area contributed by atoms with E-state index in [9.17, 15) is 0 Å². The Morgan fingerprint density at radius 3 is 2.91 bits per heavy atom. The van der Waals surface area contributed by atoms with Gasteiger partial charge in [0.05, 0.1) is 0 Å². The lowest BCUT2D eigenvalue weighted by Gasteiger charge is -2.35. The Morgan fingerprint density at radius 1 is 1.45 bits per heavy atom. The summed E-state index contributed by atoms with van der Waals surface area (Å²) in [5.74, 6) is 0.781. The molecular weight excluding hydrogens is 134 g/mol. The molecule has 0 N–H and O–H groups in total. The summed E-state index contributed by atoms with van der Waals surface area (Å²) in [7, 11) is 0. The summed E-state index contributed by atoms with van der Waals surface area (Å²) in [5.41, 5.74) is 0.458. The van der Waals surface area contributed by atoms with Crippen molar-refractivity contribution >= 4 is 0 Å². The van der Waals surface area contributed by atoms with E-state index in [2.05, 4.69) is 30.9 Å². The zero-order chi connectivity index (χ0) is 7.90. The fourth-order valence-corrected chi connectivity index (χ4v) is 2.60.